The Morgan fingerprint density at radius 2 is 1.86 bits per heavy atom. The molecule has 154 valence electrons. The second-order valence-electron chi connectivity index (χ2n) is 8.28. The summed E-state index contributed by atoms with van der Waals surface area (Å²) in [7, 11) is 0. The summed E-state index contributed by atoms with van der Waals surface area (Å²) in [5, 5.41) is 2.74. The van der Waals surface area contributed by atoms with E-state index in [1.165, 1.54) is 17.8 Å². The van der Waals surface area contributed by atoms with Gasteiger partial charge in [0.1, 0.15) is 11.2 Å². The van der Waals surface area contributed by atoms with Gasteiger partial charge < -0.3 is 15.1 Å². The predicted octanol–water partition coefficient (Wildman–Crippen LogP) is 2.53. The topological polar surface area (TPSA) is 55.9 Å². The fraction of sp³-hybridized carbons (Fsp3) is 0.600. The fourth-order valence-corrected chi connectivity index (χ4v) is 4.69. The van der Waals surface area contributed by atoms with Gasteiger partial charge >= 0.3 is 6.03 Å². The summed E-state index contributed by atoms with van der Waals surface area (Å²) in [6.07, 6.45) is 0. The first-order chi connectivity index (χ1) is 13.2. The van der Waals surface area contributed by atoms with E-state index in [-0.39, 0.29) is 28.7 Å². The molecule has 0 radical (unpaired) electrons. The molecular weight excluding hydrogens is 379 g/mol. The Labute approximate surface area is 170 Å². The molecule has 3 amide bonds. The number of nitrogens with zero attached hydrogens (tertiary/aromatic N) is 3. The molecule has 2 fully saturated rings. The molecule has 0 saturated carbocycles. The first-order valence-electron chi connectivity index (χ1n) is 9.69. The first kappa shape index (κ1) is 20.9. The van der Waals surface area contributed by atoms with Gasteiger partial charge in [-0.3, -0.25) is 9.69 Å². The molecular formula is C20H29FN4O2S. The number of hydrogen-bond donors (Lipinski definition) is 1. The van der Waals surface area contributed by atoms with Crippen LogP contribution in [0.3, 0.4) is 0 Å². The van der Waals surface area contributed by atoms with Gasteiger partial charge in [-0.2, -0.15) is 0 Å². The van der Waals surface area contributed by atoms with Gasteiger partial charge in [-0.1, -0.05) is 18.2 Å². The van der Waals surface area contributed by atoms with Gasteiger partial charge in [0.25, 0.3) is 0 Å². The molecule has 1 aromatic carbocycles. The minimum Gasteiger partial charge on any atom is -0.333 e. The van der Waals surface area contributed by atoms with Crippen LogP contribution in [-0.2, 0) is 4.79 Å². The lowest BCUT2D eigenvalue weighted by Gasteiger charge is -2.37. The highest BCUT2D eigenvalue weighted by molar-refractivity contribution is 8.00. The number of hydrogen-bond acceptors (Lipinski definition) is 4. The van der Waals surface area contributed by atoms with E-state index in [9.17, 15) is 14.0 Å². The number of thioether (sulfide) groups is 1. The van der Waals surface area contributed by atoms with E-state index in [1.54, 1.807) is 17.0 Å². The first-order valence-corrected chi connectivity index (χ1v) is 10.7. The molecule has 1 atom stereocenters. The molecule has 0 unspecified atom stereocenters. The van der Waals surface area contributed by atoms with E-state index in [1.807, 2.05) is 31.7 Å². The number of carbonyl (C=O) groups is 2. The quantitative estimate of drug-likeness (QED) is 0.832. The molecule has 0 spiro atoms. The Morgan fingerprint density at radius 1 is 1.18 bits per heavy atom. The summed E-state index contributed by atoms with van der Waals surface area (Å²) >= 11 is 1.48. The summed E-state index contributed by atoms with van der Waals surface area (Å²) in [4.78, 5) is 30.5. The minimum atomic E-state index is -0.266. The lowest BCUT2D eigenvalue weighted by molar-refractivity contribution is -0.128. The van der Waals surface area contributed by atoms with Crippen LogP contribution in [0.2, 0.25) is 0 Å². The van der Waals surface area contributed by atoms with E-state index in [4.69, 9.17) is 0 Å². The minimum absolute atomic E-state index is 0.0297. The van der Waals surface area contributed by atoms with Gasteiger partial charge in [0, 0.05) is 50.4 Å². The van der Waals surface area contributed by atoms with E-state index >= 15 is 0 Å². The number of rotatable bonds is 4. The molecule has 0 bridgehead atoms. The number of urea groups is 1. The molecule has 2 aliphatic heterocycles. The van der Waals surface area contributed by atoms with Crippen LogP contribution in [0.4, 0.5) is 9.18 Å². The molecule has 0 aliphatic carbocycles. The van der Waals surface area contributed by atoms with Crippen LogP contribution in [0, 0.1) is 5.82 Å². The van der Waals surface area contributed by atoms with Gasteiger partial charge in [-0.05, 0) is 26.8 Å². The monoisotopic (exact) mass is 408 g/mol. The van der Waals surface area contributed by atoms with Crippen LogP contribution in [-0.4, -0.2) is 77.2 Å². The van der Waals surface area contributed by atoms with Gasteiger partial charge in [-0.15, -0.1) is 11.8 Å². The second-order valence-corrected chi connectivity index (χ2v) is 9.35. The maximum absolute atomic E-state index is 14.2. The number of amides is 3. The predicted molar refractivity (Wildman–Crippen MR) is 110 cm³/mol. The molecule has 1 aromatic rings. The summed E-state index contributed by atoms with van der Waals surface area (Å²) in [6.45, 7) is 10.1. The van der Waals surface area contributed by atoms with Crippen LogP contribution in [0.1, 0.15) is 31.7 Å². The van der Waals surface area contributed by atoms with Crippen LogP contribution in [0.5, 0.6) is 0 Å². The van der Waals surface area contributed by atoms with Gasteiger partial charge in [0.2, 0.25) is 5.91 Å². The van der Waals surface area contributed by atoms with Crippen molar-refractivity contribution < 1.29 is 14.0 Å². The largest absolute Gasteiger partial charge is 0.333 e. The lowest BCUT2D eigenvalue weighted by atomic mass is 10.1. The molecule has 8 heteroatoms. The van der Waals surface area contributed by atoms with Crippen molar-refractivity contribution in [2.75, 3.05) is 45.0 Å². The van der Waals surface area contributed by atoms with Crippen molar-refractivity contribution in [2.45, 2.75) is 31.7 Å². The second kappa shape index (κ2) is 8.69. The third-order valence-corrected chi connectivity index (χ3v) is 6.18. The number of carbonyl (C=O) groups excluding carboxylic acids is 2. The Hall–Kier alpha value is -1.80. The summed E-state index contributed by atoms with van der Waals surface area (Å²) in [6, 6.07) is 6.64. The molecule has 2 aliphatic rings. The zero-order valence-corrected chi connectivity index (χ0v) is 17.6. The Morgan fingerprint density at radius 3 is 2.50 bits per heavy atom. The van der Waals surface area contributed by atoms with Gasteiger partial charge in [0.15, 0.2) is 0 Å². The number of halogens is 1. The van der Waals surface area contributed by atoms with Crippen molar-refractivity contribution in [3.8, 4) is 0 Å². The smallest absolute Gasteiger partial charge is 0.317 e. The average molecular weight is 409 g/mol. The van der Waals surface area contributed by atoms with Crippen molar-refractivity contribution in [3.05, 3.63) is 35.6 Å². The highest BCUT2D eigenvalue weighted by Crippen LogP contribution is 2.39. The van der Waals surface area contributed by atoms with Crippen LogP contribution in [0.25, 0.3) is 0 Å². The maximum Gasteiger partial charge on any atom is 0.317 e. The molecule has 0 aromatic heterocycles. The normalized spacial score (nSPS) is 21.3. The maximum atomic E-state index is 14.2. The SMILES string of the molecule is CC(C)(C)NC(=O)N1CCN(CCN2C(=O)CS[C@H]2c2ccccc2F)CC1. The van der Waals surface area contributed by atoms with Crippen molar-refractivity contribution in [3.63, 3.8) is 0 Å². The highest BCUT2D eigenvalue weighted by Gasteiger charge is 2.34. The van der Waals surface area contributed by atoms with Crippen molar-refractivity contribution in [2.24, 2.45) is 0 Å². The van der Waals surface area contributed by atoms with Crippen LogP contribution >= 0.6 is 11.8 Å². The highest BCUT2D eigenvalue weighted by atomic mass is 32.2. The number of piperazine rings is 1. The third kappa shape index (κ3) is 5.17. The Bertz CT molecular complexity index is 716. The average Bonchev–Trinajstić information content (AvgIpc) is 3.00. The van der Waals surface area contributed by atoms with Crippen molar-refractivity contribution in [1.29, 1.82) is 0 Å². The lowest BCUT2D eigenvalue weighted by Crippen LogP contribution is -2.55. The van der Waals surface area contributed by atoms with Crippen LogP contribution < -0.4 is 5.32 Å². The summed E-state index contributed by atoms with van der Waals surface area (Å²) in [5.74, 6) is 0.180. The van der Waals surface area contributed by atoms with Crippen molar-refractivity contribution >= 4 is 23.7 Å². The molecule has 3 rings (SSSR count). The molecule has 2 saturated heterocycles. The van der Waals surface area contributed by atoms with E-state index < -0.39 is 0 Å². The zero-order chi connectivity index (χ0) is 20.3. The van der Waals surface area contributed by atoms with Gasteiger partial charge in [-0.25, -0.2) is 9.18 Å². The summed E-state index contributed by atoms with van der Waals surface area (Å²) in [5.41, 5.74) is 0.325. The number of nitrogens with one attached hydrogen (secondary N) is 1. The van der Waals surface area contributed by atoms with Gasteiger partial charge in [0.05, 0.1) is 5.75 Å². The number of benzene rings is 1. The standard InChI is InChI=1S/C20H29FN4O2S/c1-20(2,3)22-19(27)24-11-8-23(9-12-24)10-13-25-17(26)14-28-18(25)15-6-4-5-7-16(15)21/h4-7,18H,8-14H2,1-3H3,(H,22,27)/t18-/m0/s1. The van der Waals surface area contributed by atoms with E-state index in [0.717, 1.165) is 19.6 Å². The third-order valence-electron chi connectivity index (χ3n) is 4.94. The zero-order valence-electron chi connectivity index (χ0n) is 16.8. The van der Waals surface area contributed by atoms with Crippen LogP contribution in [0.15, 0.2) is 24.3 Å². The Kier molecular flexibility index (Phi) is 6.50. The van der Waals surface area contributed by atoms with E-state index in [0.29, 0.717) is 31.0 Å². The molecule has 6 nitrogen and oxygen atoms in total. The fourth-order valence-electron chi connectivity index (χ4n) is 3.45. The summed E-state index contributed by atoms with van der Waals surface area (Å²) < 4.78 is 14.2. The molecule has 2 heterocycles. The Balaban J connectivity index is 1.51. The molecule has 28 heavy (non-hydrogen) atoms. The van der Waals surface area contributed by atoms with E-state index in [2.05, 4.69) is 10.2 Å². The molecule has 1 N–H and O–H groups in total. The van der Waals surface area contributed by atoms with Crippen molar-refractivity contribution in [1.82, 2.24) is 20.0 Å².